The highest BCUT2D eigenvalue weighted by Crippen LogP contribution is 2.20. The minimum atomic E-state index is 0.277. The van der Waals surface area contributed by atoms with Crippen LogP contribution in [-0.2, 0) is 11.2 Å². The van der Waals surface area contributed by atoms with E-state index >= 15 is 0 Å². The largest absolute Gasteiger partial charge is 0.384 e. The highest BCUT2D eigenvalue weighted by Gasteiger charge is 2.19. The van der Waals surface area contributed by atoms with Gasteiger partial charge in [0.15, 0.2) is 5.82 Å². The number of piperidine rings is 1. The molecule has 1 fully saturated rings. The molecule has 0 bridgehead atoms. The van der Waals surface area contributed by atoms with Crippen LogP contribution in [0, 0.1) is 0 Å². The van der Waals surface area contributed by atoms with Crippen LogP contribution in [0.25, 0.3) is 0 Å². The maximum Gasteiger partial charge on any atom is 0.229 e. The van der Waals surface area contributed by atoms with Crippen molar-refractivity contribution in [1.29, 1.82) is 0 Å². The third-order valence-electron chi connectivity index (χ3n) is 2.63. The molecule has 2 heterocycles. The van der Waals surface area contributed by atoms with Crippen molar-refractivity contribution in [2.75, 3.05) is 20.3 Å². The maximum atomic E-state index is 5.14. The summed E-state index contributed by atoms with van der Waals surface area (Å²) in [6, 6.07) is 0.277. The van der Waals surface area contributed by atoms with Crippen LogP contribution in [0.4, 0.5) is 0 Å². The van der Waals surface area contributed by atoms with Crippen LogP contribution in [0.3, 0.4) is 0 Å². The second-order valence-electron chi connectivity index (χ2n) is 3.79. The molecule has 0 aliphatic carbocycles. The van der Waals surface area contributed by atoms with Crippen molar-refractivity contribution in [1.82, 2.24) is 15.5 Å². The van der Waals surface area contributed by atoms with Crippen LogP contribution < -0.4 is 5.32 Å². The van der Waals surface area contributed by atoms with Gasteiger partial charge in [0, 0.05) is 7.11 Å². The molecule has 1 aromatic heterocycles. The molecule has 0 amide bonds. The average Bonchev–Trinajstić information content (AvgIpc) is 2.76. The summed E-state index contributed by atoms with van der Waals surface area (Å²) in [7, 11) is 1.67. The summed E-state index contributed by atoms with van der Waals surface area (Å²) in [5.41, 5.74) is 0. The van der Waals surface area contributed by atoms with Crippen LogP contribution in [0.2, 0.25) is 0 Å². The van der Waals surface area contributed by atoms with Crippen LogP contribution in [-0.4, -0.2) is 30.4 Å². The number of ether oxygens (including phenoxy) is 1. The summed E-state index contributed by atoms with van der Waals surface area (Å²) in [6.45, 7) is 1.67. The zero-order valence-corrected chi connectivity index (χ0v) is 9.03. The molecule has 1 atom stereocenters. The lowest BCUT2D eigenvalue weighted by Gasteiger charge is -2.19. The Morgan fingerprint density at radius 1 is 1.53 bits per heavy atom. The molecule has 1 saturated heterocycles. The molecule has 0 spiro atoms. The molecule has 1 aliphatic heterocycles. The van der Waals surface area contributed by atoms with E-state index in [1.54, 1.807) is 7.11 Å². The fourth-order valence-electron chi connectivity index (χ4n) is 1.77. The first-order valence-electron chi connectivity index (χ1n) is 5.45. The summed E-state index contributed by atoms with van der Waals surface area (Å²) < 4.78 is 10.1. The predicted molar refractivity (Wildman–Crippen MR) is 54.5 cm³/mol. The third-order valence-corrected chi connectivity index (χ3v) is 2.63. The van der Waals surface area contributed by atoms with E-state index in [2.05, 4.69) is 15.5 Å². The van der Waals surface area contributed by atoms with Crippen LogP contribution in [0.5, 0.6) is 0 Å². The normalized spacial score (nSPS) is 21.8. The van der Waals surface area contributed by atoms with Gasteiger partial charge in [0.2, 0.25) is 5.89 Å². The fourth-order valence-corrected chi connectivity index (χ4v) is 1.77. The zero-order valence-electron chi connectivity index (χ0n) is 9.03. The second-order valence-corrected chi connectivity index (χ2v) is 3.79. The molecular formula is C10H17N3O2. The SMILES string of the molecule is COCCc1nc(C2CCCCN2)no1. The molecule has 1 aromatic rings. The third kappa shape index (κ3) is 2.76. The van der Waals surface area contributed by atoms with Gasteiger partial charge in [-0.25, -0.2) is 0 Å². The van der Waals surface area contributed by atoms with E-state index < -0.39 is 0 Å². The standard InChI is InChI=1S/C10H17N3O2/c1-14-7-5-9-12-10(13-15-9)8-4-2-3-6-11-8/h8,11H,2-7H2,1H3. The lowest BCUT2D eigenvalue weighted by atomic mass is 10.0. The van der Waals surface area contributed by atoms with E-state index in [1.807, 2.05) is 0 Å². The Bertz CT molecular complexity index is 295. The number of hydrogen-bond acceptors (Lipinski definition) is 5. The summed E-state index contributed by atoms with van der Waals surface area (Å²) in [6.07, 6.45) is 4.27. The highest BCUT2D eigenvalue weighted by atomic mass is 16.5. The molecule has 1 unspecified atom stereocenters. The molecule has 84 valence electrons. The molecule has 15 heavy (non-hydrogen) atoms. The number of hydrogen-bond donors (Lipinski definition) is 1. The number of rotatable bonds is 4. The van der Waals surface area contributed by atoms with Crippen molar-refractivity contribution >= 4 is 0 Å². The molecule has 0 saturated carbocycles. The van der Waals surface area contributed by atoms with Gasteiger partial charge in [0.25, 0.3) is 0 Å². The van der Waals surface area contributed by atoms with E-state index in [4.69, 9.17) is 9.26 Å². The molecule has 0 aromatic carbocycles. The monoisotopic (exact) mass is 211 g/mol. The van der Waals surface area contributed by atoms with Crippen LogP contribution >= 0.6 is 0 Å². The van der Waals surface area contributed by atoms with Gasteiger partial charge >= 0.3 is 0 Å². The van der Waals surface area contributed by atoms with E-state index in [-0.39, 0.29) is 6.04 Å². The van der Waals surface area contributed by atoms with E-state index in [9.17, 15) is 0 Å². The minimum Gasteiger partial charge on any atom is -0.384 e. The van der Waals surface area contributed by atoms with Crippen molar-refractivity contribution in [3.05, 3.63) is 11.7 Å². The first-order valence-corrected chi connectivity index (χ1v) is 5.45. The predicted octanol–water partition coefficient (Wildman–Crippen LogP) is 1.07. The summed E-state index contributed by atoms with van der Waals surface area (Å²) >= 11 is 0. The lowest BCUT2D eigenvalue weighted by Crippen LogP contribution is -2.27. The number of nitrogens with zero attached hydrogens (tertiary/aromatic N) is 2. The summed E-state index contributed by atoms with van der Waals surface area (Å²) in [5.74, 6) is 1.46. The van der Waals surface area contributed by atoms with Gasteiger partial charge in [0.1, 0.15) is 0 Å². The first-order chi connectivity index (χ1) is 7.40. The molecule has 5 heteroatoms. The first kappa shape index (κ1) is 10.6. The van der Waals surface area contributed by atoms with Gasteiger partial charge in [-0.2, -0.15) is 4.98 Å². The number of aromatic nitrogens is 2. The quantitative estimate of drug-likeness (QED) is 0.807. The van der Waals surface area contributed by atoms with Crippen LogP contribution in [0.1, 0.15) is 37.0 Å². The maximum absolute atomic E-state index is 5.14. The van der Waals surface area contributed by atoms with Gasteiger partial charge in [0.05, 0.1) is 19.1 Å². The Morgan fingerprint density at radius 3 is 3.20 bits per heavy atom. The van der Waals surface area contributed by atoms with Gasteiger partial charge in [-0.3, -0.25) is 0 Å². The van der Waals surface area contributed by atoms with Crippen molar-refractivity contribution in [2.24, 2.45) is 0 Å². The van der Waals surface area contributed by atoms with E-state index in [0.717, 1.165) is 18.8 Å². The summed E-state index contributed by atoms with van der Waals surface area (Å²) in [5, 5.41) is 7.38. The topological polar surface area (TPSA) is 60.2 Å². The zero-order chi connectivity index (χ0) is 10.5. The van der Waals surface area contributed by atoms with Crippen molar-refractivity contribution in [3.8, 4) is 0 Å². The smallest absolute Gasteiger partial charge is 0.229 e. The fraction of sp³-hybridized carbons (Fsp3) is 0.800. The van der Waals surface area contributed by atoms with Gasteiger partial charge in [-0.15, -0.1) is 0 Å². The molecule has 1 aliphatic rings. The molecule has 1 N–H and O–H groups in total. The Balaban J connectivity index is 1.93. The number of nitrogens with one attached hydrogen (secondary N) is 1. The Morgan fingerprint density at radius 2 is 2.47 bits per heavy atom. The van der Waals surface area contributed by atoms with Gasteiger partial charge in [-0.05, 0) is 19.4 Å². The average molecular weight is 211 g/mol. The highest BCUT2D eigenvalue weighted by molar-refractivity contribution is 4.95. The summed E-state index contributed by atoms with van der Waals surface area (Å²) in [4.78, 5) is 4.35. The molecule has 5 nitrogen and oxygen atoms in total. The van der Waals surface area contributed by atoms with Crippen molar-refractivity contribution < 1.29 is 9.26 Å². The van der Waals surface area contributed by atoms with E-state index in [1.165, 1.54) is 12.8 Å². The second kappa shape index (κ2) is 5.23. The van der Waals surface area contributed by atoms with Gasteiger partial charge < -0.3 is 14.6 Å². The minimum absolute atomic E-state index is 0.277. The van der Waals surface area contributed by atoms with E-state index in [0.29, 0.717) is 18.9 Å². The Hall–Kier alpha value is -0.940. The van der Waals surface area contributed by atoms with Crippen LogP contribution in [0.15, 0.2) is 4.52 Å². The lowest BCUT2D eigenvalue weighted by molar-refractivity contribution is 0.192. The van der Waals surface area contributed by atoms with Gasteiger partial charge in [-0.1, -0.05) is 11.6 Å². The molecule has 2 rings (SSSR count). The Kier molecular flexibility index (Phi) is 3.69. The van der Waals surface area contributed by atoms with Crippen molar-refractivity contribution in [2.45, 2.75) is 31.7 Å². The Labute approximate surface area is 89.2 Å². The number of methoxy groups -OCH3 is 1. The van der Waals surface area contributed by atoms with Crippen molar-refractivity contribution in [3.63, 3.8) is 0 Å². The molecule has 0 radical (unpaired) electrons. The molecular weight excluding hydrogens is 194 g/mol.